The molecule has 1 heterocycles. The van der Waals surface area contributed by atoms with Crippen LogP contribution in [0, 0.1) is 0 Å². The van der Waals surface area contributed by atoms with Crippen LogP contribution in [-0.2, 0) is 10.2 Å². The summed E-state index contributed by atoms with van der Waals surface area (Å²) in [4.78, 5) is 17.5. The first-order valence-electron chi connectivity index (χ1n) is 6.61. The third-order valence-corrected chi connectivity index (χ3v) is 3.79. The topological polar surface area (TPSA) is 52.3 Å². The molecule has 2 rings (SSSR count). The van der Waals surface area contributed by atoms with Crippen LogP contribution in [0.15, 0.2) is 33.6 Å². The molecule has 1 aromatic carbocycles. The highest BCUT2D eigenvalue weighted by atomic mass is 32.2. The lowest BCUT2D eigenvalue weighted by Crippen LogP contribution is -2.17. The highest BCUT2D eigenvalue weighted by Crippen LogP contribution is 2.31. The minimum Gasteiger partial charge on any atom is -0.463 e. The lowest BCUT2D eigenvalue weighted by atomic mass is 9.91. The molecule has 2 aromatic rings. The molecule has 112 valence electrons. The molecule has 0 aliphatic carbocycles. The van der Waals surface area contributed by atoms with Gasteiger partial charge < -0.3 is 9.15 Å². The number of hydrogen-bond donors (Lipinski definition) is 0. The molecule has 0 amide bonds. The molecule has 0 atom stereocenters. The first kappa shape index (κ1) is 15.6. The maximum Gasteiger partial charge on any atom is 0.376 e. The lowest BCUT2D eigenvalue weighted by Gasteiger charge is -2.15. The number of thioether (sulfide) groups is 1. The van der Waals surface area contributed by atoms with E-state index in [0.29, 0.717) is 11.6 Å². The van der Waals surface area contributed by atoms with Crippen molar-refractivity contribution in [2.45, 2.75) is 31.1 Å². The van der Waals surface area contributed by atoms with Crippen LogP contribution < -0.4 is 0 Å². The summed E-state index contributed by atoms with van der Waals surface area (Å²) in [6.07, 6.45) is 2.02. The lowest BCUT2D eigenvalue weighted by molar-refractivity contribution is 0.0562. The second kappa shape index (κ2) is 5.93. The molecule has 0 saturated carbocycles. The number of aromatic nitrogens is 1. The smallest absolute Gasteiger partial charge is 0.376 e. The Labute approximate surface area is 128 Å². The van der Waals surface area contributed by atoms with Crippen LogP contribution in [0.4, 0.5) is 0 Å². The number of oxazole rings is 1. The number of esters is 1. The van der Waals surface area contributed by atoms with Gasteiger partial charge in [0.15, 0.2) is 0 Å². The summed E-state index contributed by atoms with van der Waals surface area (Å²) >= 11 is 1.67. The quantitative estimate of drug-likeness (QED) is 0.630. The third-order valence-electron chi connectivity index (χ3n) is 3.05. The second-order valence-electron chi connectivity index (χ2n) is 5.67. The Morgan fingerprint density at radius 2 is 1.86 bits per heavy atom. The third kappa shape index (κ3) is 3.29. The van der Waals surface area contributed by atoms with Gasteiger partial charge in [0, 0.05) is 15.9 Å². The van der Waals surface area contributed by atoms with E-state index >= 15 is 0 Å². The molecule has 0 radical (unpaired) electrons. The SMILES string of the molecule is COC(=O)c1oc(-c2ccc(SC)cc2)nc1C(C)(C)C. The molecular weight excluding hydrogens is 286 g/mol. The molecule has 0 bridgehead atoms. The van der Waals surface area contributed by atoms with Crippen LogP contribution in [0.25, 0.3) is 11.5 Å². The van der Waals surface area contributed by atoms with E-state index in [9.17, 15) is 4.79 Å². The van der Waals surface area contributed by atoms with E-state index in [4.69, 9.17) is 9.15 Å². The van der Waals surface area contributed by atoms with Crippen molar-refractivity contribution in [2.24, 2.45) is 0 Å². The van der Waals surface area contributed by atoms with Crippen molar-refractivity contribution < 1.29 is 13.9 Å². The number of rotatable bonds is 3. The van der Waals surface area contributed by atoms with E-state index in [-0.39, 0.29) is 11.2 Å². The molecule has 0 aliphatic rings. The fraction of sp³-hybridized carbons (Fsp3) is 0.375. The van der Waals surface area contributed by atoms with Crippen LogP contribution in [0.2, 0.25) is 0 Å². The van der Waals surface area contributed by atoms with Gasteiger partial charge in [-0.1, -0.05) is 20.8 Å². The number of carbonyl (C=O) groups is 1. The van der Waals surface area contributed by atoms with Crippen LogP contribution >= 0.6 is 11.8 Å². The average molecular weight is 305 g/mol. The zero-order valence-electron chi connectivity index (χ0n) is 12.9. The normalized spacial score (nSPS) is 11.5. The predicted molar refractivity (Wildman–Crippen MR) is 83.8 cm³/mol. The monoisotopic (exact) mass is 305 g/mol. The second-order valence-corrected chi connectivity index (χ2v) is 6.55. The fourth-order valence-corrected chi connectivity index (χ4v) is 2.32. The fourth-order valence-electron chi connectivity index (χ4n) is 1.92. The van der Waals surface area contributed by atoms with Crippen molar-refractivity contribution in [3.05, 3.63) is 35.7 Å². The van der Waals surface area contributed by atoms with Gasteiger partial charge >= 0.3 is 5.97 Å². The Morgan fingerprint density at radius 3 is 2.33 bits per heavy atom. The molecule has 21 heavy (non-hydrogen) atoms. The maximum absolute atomic E-state index is 11.9. The summed E-state index contributed by atoms with van der Waals surface area (Å²) in [6, 6.07) is 7.87. The van der Waals surface area contributed by atoms with Crippen molar-refractivity contribution in [2.75, 3.05) is 13.4 Å². The summed E-state index contributed by atoms with van der Waals surface area (Å²) in [7, 11) is 1.34. The van der Waals surface area contributed by atoms with E-state index in [1.54, 1.807) is 11.8 Å². The summed E-state index contributed by atoms with van der Waals surface area (Å²) < 4.78 is 10.4. The van der Waals surface area contributed by atoms with E-state index in [0.717, 1.165) is 10.5 Å². The Balaban J connectivity index is 2.50. The average Bonchev–Trinajstić information content (AvgIpc) is 2.92. The number of methoxy groups -OCH3 is 1. The molecule has 5 heteroatoms. The highest BCUT2D eigenvalue weighted by molar-refractivity contribution is 7.98. The van der Waals surface area contributed by atoms with Crippen LogP contribution in [0.1, 0.15) is 37.0 Å². The van der Waals surface area contributed by atoms with Gasteiger partial charge in [-0.05, 0) is 30.5 Å². The van der Waals surface area contributed by atoms with E-state index < -0.39 is 5.97 Å². The molecular formula is C16H19NO3S. The predicted octanol–water partition coefficient (Wildman–Crippen LogP) is 4.15. The molecule has 0 fully saturated rings. The molecule has 0 saturated heterocycles. The van der Waals surface area contributed by atoms with Crippen LogP contribution in [-0.4, -0.2) is 24.3 Å². The minimum atomic E-state index is -0.501. The Bertz CT molecular complexity index is 639. The number of hydrogen-bond acceptors (Lipinski definition) is 5. The van der Waals surface area contributed by atoms with Gasteiger partial charge in [-0.15, -0.1) is 11.8 Å². The van der Waals surface area contributed by atoms with Crippen LogP contribution in [0.3, 0.4) is 0 Å². The van der Waals surface area contributed by atoms with E-state index in [1.807, 2.05) is 51.3 Å². The highest BCUT2D eigenvalue weighted by Gasteiger charge is 2.29. The number of benzene rings is 1. The van der Waals surface area contributed by atoms with Crippen molar-refractivity contribution in [3.8, 4) is 11.5 Å². The maximum atomic E-state index is 11.9. The van der Waals surface area contributed by atoms with Gasteiger partial charge in [0.25, 0.3) is 0 Å². The zero-order valence-corrected chi connectivity index (χ0v) is 13.7. The van der Waals surface area contributed by atoms with E-state index in [2.05, 4.69) is 4.98 Å². The molecule has 0 spiro atoms. The number of ether oxygens (including phenoxy) is 1. The summed E-state index contributed by atoms with van der Waals surface area (Å²) in [5.74, 6) is 0.112. The molecule has 1 aromatic heterocycles. The van der Waals surface area contributed by atoms with Crippen molar-refractivity contribution in [3.63, 3.8) is 0 Å². The summed E-state index contributed by atoms with van der Waals surface area (Å²) in [6.45, 7) is 5.95. The zero-order chi connectivity index (χ0) is 15.6. The van der Waals surface area contributed by atoms with Crippen LogP contribution in [0.5, 0.6) is 0 Å². The number of carbonyl (C=O) groups excluding carboxylic acids is 1. The van der Waals surface area contributed by atoms with E-state index in [1.165, 1.54) is 7.11 Å². The largest absolute Gasteiger partial charge is 0.463 e. The minimum absolute atomic E-state index is 0.175. The Kier molecular flexibility index (Phi) is 4.42. The van der Waals surface area contributed by atoms with Gasteiger partial charge in [0.2, 0.25) is 11.7 Å². The first-order valence-corrected chi connectivity index (χ1v) is 7.83. The van der Waals surface area contributed by atoms with Gasteiger partial charge in [-0.25, -0.2) is 9.78 Å². The Hall–Kier alpha value is -1.75. The Morgan fingerprint density at radius 1 is 1.24 bits per heavy atom. The van der Waals surface area contributed by atoms with Gasteiger partial charge in [0.1, 0.15) is 5.69 Å². The van der Waals surface area contributed by atoms with Gasteiger partial charge in [0.05, 0.1) is 7.11 Å². The van der Waals surface area contributed by atoms with Crippen molar-refractivity contribution in [1.29, 1.82) is 0 Å². The number of nitrogens with zero attached hydrogens (tertiary/aromatic N) is 1. The summed E-state index contributed by atoms with van der Waals surface area (Å²) in [5, 5.41) is 0. The van der Waals surface area contributed by atoms with Crippen molar-refractivity contribution >= 4 is 17.7 Å². The molecule has 0 unspecified atom stereocenters. The first-order chi connectivity index (χ1) is 9.86. The van der Waals surface area contributed by atoms with Gasteiger partial charge in [-0.2, -0.15) is 0 Å². The molecule has 0 aliphatic heterocycles. The van der Waals surface area contributed by atoms with Gasteiger partial charge in [-0.3, -0.25) is 0 Å². The summed E-state index contributed by atoms with van der Waals surface area (Å²) in [5.41, 5.74) is 1.15. The molecule has 0 N–H and O–H groups in total. The van der Waals surface area contributed by atoms with Crippen molar-refractivity contribution in [1.82, 2.24) is 4.98 Å². The standard InChI is InChI=1S/C16H19NO3S/c1-16(2,3)13-12(15(18)19-4)20-14(17-13)10-6-8-11(21-5)9-7-10/h6-9H,1-5H3. The molecule has 4 nitrogen and oxygen atoms in total.